The van der Waals surface area contributed by atoms with Gasteiger partial charge in [0.2, 0.25) is 0 Å². The van der Waals surface area contributed by atoms with Gasteiger partial charge in [0.15, 0.2) is 0 Å². The Morgan fingerprint density at radius 3 is 2.81 bits per heavy atom. The molecule has 4 nitrogen and oxygen atoms in total. The van der Waals surface area contributed by atoms with Crippen molar-refractivity contribution in [1.29, 1.82) is 0 Å². The summed E-state index contributed by atoms with van der Waals surface area (Å²) in [5, 5.41) is 9.15. The SMILES string of the molecule is CC(C)c1cc(C(=O)N2CC(O)C2)ccn1. The molecular weight excluding hydrogens is 204 g/mol. The van der Waals surface area contributed by atoms with Crippen LogP contribution in [-0.2, 0) is 0 Å². The molecule has 2 heterocycles. The monoisotopic (exact) mass is 220 g/mol. The highest BCUT2D eigenvalue weighted by Gasteiger charge is 2.29. The summed E-state index contributed by atoms with van der Waals surface area (Å²) in [6.07, 6.45) is 1.31. The number of pyridine rings is 1. The number of hydrogen-bond acceptors (Lipinski definition) is 3. The first-order chi connectivity index (χ1) is 7.58. The van der Waals surface area contributed by atoms with E-state index in [1.807, 2.05) is 19.9 Å². The lowest BCUT2D eigenvalue weighted by molar-refractivity contribution is 0.00588. The van der Waals surface area contributed by atoms with E-state index in [2.05, 4.69) is 4.98 Å². The van der Waals surface area contributed by atoms with Crippen molar-refractivity contribution in [3.63, 3.8) is 0 Å². The molecule has 1 aromatic heterocycles. The van der Waals surface area contributed by atoms with Crippen LogP contribution in [0.25, 0.3) is 0 Å². The number of hydrogen-bond donors (Lipinski definition) is 1. The fraction of sp³-hybridized carbons (Fsp3) is 0.500. The minimum atomic E-state index is -0.352. The second-order valence-corrected chi connectivity index (χ2v) is 4.49. The molecule has 4 heteroatoms. The third-order valence-corrected chi connectivity index (χ3v) is 2.77. The van der Waals surface area contributed by atoms with E-state index in [1.54, 1.807) is 17.2 Å². The van der Waals surface area contributed by atoms with Gasteiger partial charge in [0.05, 0.1) is 6.10 Å². The summed E-state index contributed by atoms with van der Waals surface area (Å²) in [5.74, 6) is 0.296. The van der Waals surface area contributed by atoms with Crippen molar-refractivity contribution in [3.05, 3.63) is 29.6 Å². The van der Waals surface area contributed by atoms with Crippen molar-refractivity contribution in [2.75, 3.05) is 13.1 Å². The Labute approximate surface area is 94.9 Å². The number of carbonyl (C=O) groups is 1. The summed E-state index contributed by atoms with van der Waals surface area (Å²) < 4.78 is 0. The molecule has 0 spiro atoms. The molecule has 1 fully saturated rings. The number of rotatable bonds is 2. The fourth-order valence-electron chi connectivity index (χ4n) is 1.70. The first-order valence-corrected chi connectivity index (χ1v) is 5.51. The molecule has 0 bridgehead atoms. The Morgan fingerprint density at radius 1 is 1.56 bits per heavy atom. The Bertz CT molecular complexity index is 398. The average molecular weight is 220 g/mol. The lowest BCUT2D eigenvalue weighted by atomic mass is 10.1. The summed E-state index contributed by atoms with van der Waals surface area (Å²) in [5.41, 5.74) is 1.58. The van der Waals surface area contributed by atoms with Crippen LogP contribution in [0.4, 0.5) is 0 Å². The summed E-state index contributed by atoms with van der Waals surface area (Å²) >= 11 is 0. The smallest absolute Gasteiger partial charge is 0.254 e. The van der Waals surface area contributed by atoms with Gasteiger partial charge in [-0.15, -0.1) is 0 Å². The van der Waals surface area contributed by atoms with Gasteiger partial charge in [-0.3, -0.25) is 9.78 Å². The van der Waals surface area contributed by atoms with Gasteiger partial charge in [0.1, 0.15) is 0 Å². The molecule has 0 aromatic carbocycles. The minimum Gasteiger partial charge on any atom is -0.389 e. The maximum atomic E-state index is 11.9. The molecule has 1 N–H and O–H groups in total. The number of nitrogens with zero attached hydrogens (tertiary/aromatic N) is 2. The van der Waals surface area contributed by atoms with Crippen molar-refractivity contribution in [2.45, 2.75) is 25.9 Å². The van der Waals surface area contributed by atoms with Crippen molar-refractivity contribution in [3.8, 4) is 0 Å². The number of aliphatic hydroxyl groups is 1. The first kappa shape index (κ1) is 11.1. The van der Waals surface area contributed by atoms with E-state index in [1.165, 1.54) is 0 Å². The molecule has 0 saturated carbocycles. The van der Waals surface area contributed by atoms with E-state index >= 15 is 0 Å². The molecule has 0 aliphatic carbocycles. The lowest BCUT2D eigenvalue weighted by Gasteiger charge is -2.35. The predicted octanol–water partition coefficient (Wildman–Crippen LogP) is 1.02. The molecule has 1 aromatic rings. The van der Waals surface area contributed by atoms with Crippen molar-refractivity contribution in [1.82, 2.24) is 9.88 Å². The van der Waals surface area contributed by atoms with E-state index in [0.29, 0.717) is 24.6 Å². The third kappa shape index (κ3) is 2.07. The zero-order valence-electron chi connectivity index (χ0n) is 9.55. The van der Waals surface area contributed by atoms with Gasteiger partial charge in [0.25, 0.3) is 5.91 Å². The molecule has 0 radical (unpaired) electrons. The Balaban J connectivity index is 2.14. The normalized spacial score (nSPS) is 16.4. The van der Waals surface area contributed by atoms with Gasteiger partial charge in [0, 0.05) is 30.5 Å². The number of amides is 1. The molecule has 0 unspecified atom stereocenters. The third-order valence-electron chi connectivity index (χ3n) is 2.77. The maximum absolute atomic E-state index is 11.9. The van der Waals surface area contributed by atoms with Gasteiger partial charge in [-0.25, -0.2) is 0 Å². The Kier molecular flexibility index (Phi) is 2.92. The topological polar surface area (TPSA) is 53.4 Å². The Hall–Kier alpha value is -1.42. The van der Waals surface area contributed by atoms with Gasteiger partial charge >= 0.3 is 0 Å². The summed E-state index contributed by atoms with van der Waals surface area (Å²) in [4.78, 5) is 17.8. The van der Waals surface area contributed by atoms with Crippen LogP contribution in [0.15, 0.2) is 18.3 Å². The van der Waals surface area contributed by atoms with Gasteiger partial charge in [-0.2, -0.15) is 0 Å². The van der Waals surface area contributed by atoms with E-state index in [4.69, 9.17) is 5.11 Å². The van der Waals surface area contributed by atoms with Crippen molar-refractivity contribution >= 4 is 5.91 Å². The number of aliphatic hydroxyl groups excluding tert-OH is 1. The van der Waals surface area contributed by atoms with E-state index in [9.17, 15) is 4.79 Å². The summed E-state index contributed by atoms with van der Waals surface area (Å²) in [6.45, 7) is 4.98. The van der Waals surface area contributed by atoms with Crippen LogP contribution in [0.5, 0.6) is 0 Å². The number of aromatic nitrogens is 1. The molecule has 0 atom stereocenters. The quantitative estimate of drug-likeness (QED) is 0.809. The summed E-state index contributed by atoms with van der Waals surface area (Å²) in [7, 11) is 0. The minimum absolute atomic E-state index is 0.0189. The van der Waals surface area contributed by atoms with E-state index in [-0.39, 0.29) is 12.0 Å². The van der Waals surface area contributed by atoms with Crippen LogP contribution in [-0.4, -0.2) is 40.1 Å². The van der Waals surface area contributed by atoms with Crippen LogP contribution in [0.1, 0.15) is 35.8 Å². The number of β-amino-alcohol motifs (C(OH)–C–C–N with tert-alkyl or cyclic N) is 1. The highest BCUT2D eigenvalue weighted by Crippen LogP contribution is 2.16. The molecule has 2 rings (SSSR count). The van der Waals surface area contributed by atoms with Crippen LogP contribution in [0.2, 0.25) is 0 Å². The van der Waals surface area contributed by atoms with Crippen LogP contribution < -0.4 is 0 Å². The summed E-state index contributed by atoms with van der Waals surface area (Å²) in [6, 6.07) is 3.55. The standard InChI is InChI=1S/C12H16N2O2/c1-8(2)11-5-9(3-4-13-11)12(16)14-6-10(15)7-14/h3-5,8,10,15H,6-7H2,1-2H3. The largest absolute Gasteiger partial charge is 0.389 e. The van der Waals surface area contributed by atoms with Gasteiger partial charge in [-0.1, -0.05) is 13.8 Å². The highest BCUT2D eigenvalue weighted by molar-refractivity contribution is 5.94. The van der Waals surface area contributed by atoms with Crippen LogP contribution in [0.3, 0.4) is 0 Å². The van der Waals surface area contributed by atoms with Crippen LogP contribution >= 0.6 is 0 Å². The highest BCUT2D eigenvalue weighted by atomic mass is 16.3. The zero-order valence-corrected chi connectivity index (χ0v) is 9.55. The molecule has 1 aliphatic heterocycles. The number of carbonyl (C=O) groups excluding carboxylic acids is 1. The van der Waals surface area contributed by atoms with E-state index in [0.717, 1.165) is 5.69 Å². The molecule has 16 heavy (non-hydrogen) atoms. The molecular formula is C12H16N2O2. The molecule has 1 saturated heterocycles. The first-order valence-electron chi connectivity index (χ1n) is 5.51. The van der Waals surface area contributed by atoms with E-state index < -0.39 is 0 Å². The predicted molar refractivity (Wildman–Crippen MR) is 60.2 cm³/mol. The van der Waals surface area contributed by atoms with Gasteiger partial charge < -0.3 is 10.0 Å². The molecule has 1 amide bonds. The van der Waals surface area contributed by atoms with Crippen LogP contribution in [0, 0.1) is 0 Å². The van der Waals surface area contributed by atoms with Crippen molar-refractivity contribution in [2.24, 2.45) is 0 Å². The van der Waals surface area contributed by atoms with Gasteiger partial charge in [-0.05, 0) is 18.1 Å². The van der Waals surface area contributed by atoms with Crippen molar-refractivity contribution < 1.29 is 9.90 Å². The Morgan fingerprint density at radius 2 is 2.25 bits per heavy atom. The molecule has 1 aliphatic rings. The zero-order chi connectivity index (χ0) is 11.7. The number of likely N-dealkylation sites (tertiary alicyclic amines) is 1. The second-order valence-electron chi connectivity index (χ2n) is 4.49. The molecule has 86 valence electrons. The maximum Gasteiger partial charge on any atom is 0.254 e. The fourth-order valence-corrected chi connectivity index (χ4v) is 1.70. The second kappa shape index (κ2) is 4.22. The average Bonchev–Trinajstić information content (AvgIpc) is 2.24. The lowest BCUT2D eigenvalue weighted by Crippen LogP contribution is -2.53.